The average molecular weight is 331 g/mol. The molecule has 0 bridgehead atoms. The summed E-state index contributed by atoms with van der Waals surface area (Å²) in [5.74, 6) is 1.69. The minimum atomic E-state index is -0.0790. The smallest absolute Gasteiger partial charge is 0.317 e. The number of nitrogens with one attached hydrogen (secondary N) is 1. The van der Waals surface area contributed by atoms with Gasteiger partial charge >= 0.3 is 6.03 Å². The van der Waals surface area contributed by atoms with Crippen LogP contribution in [0.3, 0.4) is 0 Å². The minimum Gasteiger partial charge on any atom is -0.468 e. The lowest BCUT2D eigenvalue weighted by atomic mass is 10.2. The maximum atomic E-state index is 12.5. The molecule has 1 saturated heterocycles. The van der Waals surface area contributed by atoms with Crippen LogP contribution in [0.2, 0.25) is 0 Å². The lowest BCUT2D eigenvalue weighted by molar-refractivity contribution is 0.178. The van der Waals surface area contributed by atoms with Crippen molar-refractivity contribution in [2.45, 2.75) is 32.4 Å². The van der Waals surface area contributed by atoms with Crippen LogP contribution in [0.5, 0.6) is 0 Å². The Morgan fingerprint density at radius 2 is 2.00 bits per heavy atom. The highest BCUT2D eigenvalue weighted by molar-refractivity contribution is 5.74. The molecule has 130 valence electrons. The van der Waals surface area contributed by atoms with Crippen LogP contribution in [0.15, 0.2) is 45.6 Å². The van der Waals surface area contributed by atoms with E-state index in [9.17, 15) is 4.79 Å². The van der Waals surface area contributed by atoms with E-state index in [1.165, 1.54) is 12.8 Å². The first kappa shape index (κ1) is 16.6. The Bertz CT molecular complexity index is 604. The summed E-state index contributed by atoms with van der Waals surface area (Å²) in [4.78, 5) is 16.6. The highest BCUT2D eigenvalue weighted by Gasteiger charge is 2.26. The van der Waals surface area contributed by atoms with Crippen LogP contribution >= 0.6 is 0 Å². The van der Waals surface area contributed by atoms with Crippen LogP contribution in [0.25, 0.3) is 0 Å². The Hall–Kier alpha value is -2.21. The number of rotatable bonds is 7. The van der Waals surface area contributed by atoms with Gasteiger partial charge in [0, 0.05) is 13.1 Å². The molecule has 1 aliphatic heterocycles. The van der Waals surface area contributed by atoms with E-state index in [0.29, 0.717) is 19.6 Å². The highest BCUT2D eigenvalue weighted by Crippen LogP contribution is 2.24. The lowest BCUT2D eigenvalue weighted by Gasteiger charge is -2.27. The molecule has 1 fully saturated rings. The first-order chi connectivity index (χ1) is 11.8. The molecule has 0 radical (unpaired) electrons. The number of amides is 2. The maximum Gasteiger partial charge on any atom is 0.317 e. The normalized spacial score (nSPS) is 16.2. The van der Waals surface area contributed by atoms with Gasteiger partial charge in [0.05, 0.1) is 25.1 Å². The zero-order chi connectivity index (χ0) is 16.8. The van der Waals surface area contributed by atoms with Crippen LogP contribution in [-0.4, -0.2) is 42.0 Å². The fraction of sp³-hybridized carbons (Fsp3) is 0.500. The number of hydrogen-bond acceptors (Lipinski definition) is 4. The highest BCUT2D eigenvalue weighted by atomic mass is 16.3. The predicted octanol–water partition coefficient (Wildman–Crippen LogP) is 3.24. The Labute approximate surface area is 142 Å². The fourth-order valence-corrected chi connectivity index (χ4v) is 3.16. The number of hydrogen-bond donors (Lipinski definition) is 1. The monoisotopic (exact) mass is 331 g/mol. The zero-order valence-corrected chi connectivity index (χ0v) is 14.1. The summed E-state index contributed by atoms with van der Waals surface area (Å²) >= 11 is 0. The molecule has 3 heterocycles. The van der Waals surface area contributed by atoms with E-state index < -0.39 is 0 Å². The van der Waals surface area contributed by atoms with Crippen LogP contribution < -0.4 is 5.32 Å². The Balaban J connectivity index is 1.59. The number of urea groups is 1. The molecular formula is C18H25N3O3. The molecule has 1 unspecified atom stereocenters. The number of nitrogens with zero attached hydrogens (tertiary/aromatic N) is 2. The van der Waals surface area contributed by atoms with Crippen molar-refractivity contribution in [3.63, 3.8) is 0 Å². The molecule has 0 aromatic carbocycles. The van der Waals surface area contributed by atoms with E-state index in [0.717, 1.165) is 24.6 Å². The summed E-state index contributed by atoms with van der Waals surface area (Å²) in [5.41, 5.74) is 0. The molecule has 24 heavy (non-hydrogen) atoms. The van der Waals surface area contributed by atoms with E-state index >= 15 is 0 Å². The van der Waals surface area contributed by atoms with Crippen molar-refractivity contribution in [1.82, 2.24) is 15.1 Å². The SMILES string of the molecule is CCN(Cc1ccco1)C(=O)NCC(c1ccco1)N1CCCC1. The van der Waals surface area contributed by atoms with Gasteiger partial charge in [0.25, 0.3) is 0 Å². The van der Waals surface area contributed by atoms with E-state index in [-0.39, 0.29) is 12.1 Å². The van der Waals surface area contributed by atoms with Gasteiger partial charge in [-0.1, -0.05) is 0 Å². The molecule has 2 amide bonds. The molecule has 3 rings (SSSR count). The van der Waals surface area contributed by atoms with Gasteiger partial charge < -0.3 is 19.1 Å². The molecule has 0 aliphatic carbocycles. The van der Waals surface area contributed by atoms with Gasteiger partial charge in [0.15, 0.2) is 0 Å². The van der Waals surface area contributed by atoms with Gasteiger partial charge in [-0.2, -0.15) is 0 Å². The van der Waals surface area contributed by atoms with Crippen molar-refractivity contribution in [2.75, 3.05) is 26.2 Å². The van der Waals surface area contributed by atoms with Gasteiger partial charge in [-0.15, -0.1) is 0 Å². The third-order valence-corrected chi connectivity index (χ3v) is 4.50. The summed E-state index contributed by atoms with van der Waals surface area (Å²) in [6.07, 6.45) is 5.71. The van der Waals surface area contributed by atoms with E-state index in [1.807, 2.05) is 31.2 Å². The van der Waals surface area contributed by atoms with E-state index in [4.69, 9.17) is 8.83 Å². The summed E-state index contributed by atoms with van der Waals surface area (Å²) in [5, 5.41) is 3.06. The molecule has 6 nitrogen and oxygen atoms in total. The predicted molar refractivity (Wildman–Crippen MR) is 90.4 cm³/mol. The number of furan rings is 2. The largest absolute Gasteiger partial charge is 0.468 e. The fourth-order valence-electron chi connectivity index (χ4n) is 3.16. The first-order valence-corrected chi connectivity index (χ1v) is 8.60. The van der Waals surface area contributed by atoms with Crippen molar-refractivity contribution in [2.24, 2.45) is 0 Å². The second kappa shape index (κ2) is 8.06. The first-order valence-electron chi connectivity index (χ1n) is 8.60. The van der Waals surface area contributed by atoms with Gasteiger partial charge in [0.1, 0.15) is 11.5 Å². The topological polar surface area (TPSA) is 61.9 Å². The zero-order valence-electron chi connectivity index (χ0n) is 14.1. The number of carbonyl (C=O) groups excluding carboxylic acids is 1. The van der Waals surface area contributed by atoms with Gasteiger partial charge in [-0.3, -0.25) is 4.90 Å². The molecular weight excluding hydrogens is 306 g/mol. The summed E-state index contributed by atoms with van der Waals surface area (Å²) in [7, 11) is 0. The quantitative estimate of drug-likeness (QED) is 0.846. The second-order valence-electron chi connectivity index (χ2n) is 6.05. The van der Waals surface area contributed by atoms with Crippen LogP contribution in [-0.2, 0) is 6.54 Å². The summed E-state index contributed by atoms with van der Waals surface area (Å²) in [6.45, 7) is 5.70. The molecule has 2 aromatic rings. The molecule has 2 aromatic heterocycles. The minimum absolute atomic E-state index is 0.0790. The molecule has 6 heteroatoms. The Morgan fingerprint density at radius 1 is 1.25 bits per heavy atom. The lowest BCUT2D eigenvalue weighted by Crippen LogP contribution is -2.43. The van der Waals surface area contributed by atoms with Crippen LogP contribution in [0, 0.1) is 0 Å². The standard InChI is InChI=1S/C18H25N3O3/c1-2-20(14-15-7-5-11-23-15)18(22)19-13-16(17-8-6-12-24-17)21-9-3-4-10-21/h5-8,11-12,16H,2-4,9-10,13-14H2,1H3,(H,19,22). The van der Waals surface area contributed by atoms with E-state index in [1.54, 1.807) is 17.4 Å². The van der Waals surface area contributed by atoms with Crippen molar-refractivity contribution >= 4 is 6.03 Å². The number of likely N-dealkylation sites (tertiary alicyclic amines) is 1. The van der Waals surface area contributed by atoms with Crippen molar-refractivity contribution in [1.29, 1.82) is 0 Å². The summed E-state index contributed by atoms with van der Waals surface area (Å²) < 4.78 is 10.9. The third kappa shape index (κ3) is 4.00. The average Bonchev–Trinajstić information content (AvgIpc) is 3.34. The van der Waals surface area contributed by atoms with Crippen molar-refractivity contribution in [3.8, 4) is 0 Å². The van der Waals surface area contributed by atoms with Crippen molar-refractivity contribution < 1.29 is 13.6 Å². The maximum absolute atomic E-state index is 12.5. The van der Waals surface area contributed by atoms with Crippen LogP contribution in [0.1, 0.15) is 37.3 Å². The van der Waals surface area contributed by atoms with Gasteiger partial charge in [-0.25, -0.2) is 4.79 Å². The van der Waals surface area contributed by atoms with Crippen molar-refractivity contribution in [3.05, 3.63) is 48.3 Å². The Kier molecular flexibility index (Phi) is 5.59. The van der Waals surface area contributed by atoms with Gasteiger partial charge in [-0.05, 0) is 57.1 Å². The summed E-state index contributed by atoms with van der Waals surface area (Å²) in [6, 6.07) is 7.61. The second-order valence-corrected chi connectivity index (χ2v) is 6.05. The molecule has 0 saturated carbocycles. The molecule has 0 spiro atoms. The van der Waals surface area contributed by atoms with Gasteiger partial charge in [0.2, 0.25) is 0 Å². The Morgan fingerprint density at radius 3 is 2.62 bits per heavy atom. The third-order valence-electron chi connectivity index (χ3n) is 4.50. The van der Waals surface area contributed by atoms with Crippen LogP contribution in [0.4, 0.5) is 4.79 Å². The molecule has 1 N–H and O–H groups in total. The number of carbonyl (C=O) groups is 1. The molecule has 1 atom stereocenters. The van der Waals surface area contributed by atoms with E-state index in [2.05, 4.69) is 10.2 Å². The molecule has 1 aliphatic rings.